The summed E-state index contributed by atoms with van der Waals surface area (Å²) in [6, 6.07) is 0. The predicted molar refractivity (Wildman–Crippen MR) is 102 cm³/mol. The lowest BCUT2D eigenvalue weighted by Crippen LogP contribution is -2.49. The standard InChI is InChI=1S/C20H36O4Si/c1-19(2,3)25(4,5)24-17-10-9-15(21)13-16(17)18-14-22-20(23-18)11-7-6-8-12-20/h9-10,15-18,21H,6-8,11-14H2,1-5H3/t15-,16-,17-,18+/m0/s1. The Morgan fingerprint density at radius 1 is 1.12 bits per heavy atom. The van der Waals surface area contributed by atoms with Gasteiger partial charge in [-0.05, 0) is 37.4 Å². The third-order valence-electron chi connectivity index (χ3n) is 6.67. The van der Waals surface area contributed by atoms with Gasteiger partial charge in [-0.25, -0.2) is 0 Å². The molecule has 0 aromatic carbocycles. The average Bonchev–Trinajstić information content (AvgIpc) is 2.92. The second-order valence-electron chi connectivity index (χ2n) is 9.63. The van der Waals surface area contributed by atoms with Crippen molar-refractivity contribution in [3.63, 3.8) is 0 Å². The number of aliphatic hydroxyl groups is 1. The van der Waals surface area contributed by atoms with Crippen LogP contribution in [0.15, 0.2) is 12.2 Å². The fraction of sp³-hybridized carbons (Fsp3) is 0.900. The van der Waals surface area contributed by atoms with E-state index in [4.69, 9.17) is 13.9 Å². The molecule has 3 aliphatic rings. The summed E-state index contributed by atoms with van der Waals surface area (Å²) in [7, 11) is -1.88. The van der Waals surface area contributed by atoms with Gasteiger partial charge < -0.3 is 19.0 Å². The van der Waals surface area contributed by atoms with Crippen molar-refractivity contribution in [1.82, 2.24) is 0 Å². The molecule has 1 aliphatic heterocycles. The second kappa shape index (κ2) is 7.08. The Balaban J connectivity index is 1.73. The Morgan fingerprint density at radius 3 is 2.44 bits per heavy atom. The van der Waals surface area contributed by atoms with Gasteiger partial charge in [-0.2, -0.15) is 0 Å². The Hall–Kier alpha value is -0.203. The maximum atomic E-state index is 10.2. The number of rotatable bonds is 3. The molecular formula is C20H36O4Si. The van der Waals surface area contributed by atoms with Crippen molar-refractivity contribution in [2.24, 2.45) is 5.92 Å². The van der Waals surface area contributed by atoms with Crippen LogP contribution in [0.3, 0.4) is 0 Å². The van der Waals surface area contributed by atoms with E-state index in [1.165, 1.54) is 19.3 Å². The van der Waals surface area contributed by atoms with Crippen LogP contribution < -0.4 is 0 Å². The van der Waals surface area contributed by atoms with Crippen molar-refractivity contribution in [3.8, 4) is 0 Å². The number of hydrogen-bond acceptors (Lipinski definition) is 4. The molecule has 144 valence electrons. The van der Waals surface area contributed by atoms with E-state index in [-0.39, 0.29) is 29.0 Å². The lowest BCUT2D eigenvalue weighted by molar-refractivity contribution is -0.194. The predicted octanol–water partition coefficient (Wildman–Crippen LogP) is 4.39. The Kier molecular flexibility index (Phi) is 5.54. The zero-order chi connectivity index (χ0) is 18.3. The molecule has 0 amide bonds. The Labute approximate surface area is 154 Å². The van der Waals surface area contributed by atoms with Crippen molar-refractivity contribution < 1.29 is 19.0 Å². The van der Waals surface area contributed by atoms with Gasteiger partial charge in [0.1, 0.15) is 0 Å². The molecule has 1 heterocycles. The molecule has 1 spiro atoms. The van der Waals surface area contributed by atoms with Crippen LogP contribution in [0.5, 0.6) is 0 Å². The molecule has 1 saturated heterocycles. The highest BCUT2D eigenvalue weighted by molar-refractivity contribution is 6.74. The summed E-state index contributed by atoms with van der Waals surface area (Å²) in [6.45, 7) is 12.0. The molecule has 3 rings (SSSR count). The first-order valence-corrected chi connectivity index (χ1v) is 12.9. The maximum Gasteiger partial charge on any atom is 0.192 e. The van der Waals surface area contributed by atoms with Gasteiger partial charge >= 0.3 is 0 Å². The highest BCUT2D eigenvalue weighted by atomic mass is 28.4. The molecule has 5 heteroatoms. The SMILES string of the molecule is CC(C)(C)[Si](C)(C)O[C@H]1C=C[C@H](O)C[C@@H]1[C@H]1COC2(CCCCC2)O1. The molecule has 2 aliphatic carbocycles. The normalized spacial score (nSPS) is 36.1. The number of ether oxygens (including phenoxy) is 2. The van der Waals surface area contributed by atoms with Crippen LogP contribution >= 0.6 is 0 Å². The fourth-order valence-electron chi connectivity index (χ4n) is 4.02. The molecule has 0 radical (unpaired) electrons. The Morgan fingerprint density at radius 2 is 1.80 bits per heavy atom. The Bertz CT molecular complexity index is 490. The topological polar surface area (TPSA) is 47.9 Å². The van der Waals surface area contributed by atoms with Crippen LogP contribution in [0, 0.1) is 5.92 Å². The molecule has 4 atom stereocenters. The summed E-state index contributed by atoms with van der Waals surface area (Å²) in [5.41, 5.74) is 0. The molecule has 1 saturated carbocycles. The average molecular weight is 369 g/mol. The highest BCUT2D eigenvalue weighted by Crippen LogP contribution is 2.44. The van der Waals surface area contributed by atoms with Crippen LogP contribution in [-0.4, -0.2) is 44.1 Å². The van der Waals surface area contributed by atoms with Gasteiger partial charge in [-0.3, -0.25) is 0 Å². The van der Waals surface area contributed by atoms with E-state index in [1.807, 2.05) is 6.08 Å². The molecule has 2 fully saturated rings. The summed E-state index contributed by atoms with van der Waals surface area (Å²) in [5.74, 6) is -0.202. The maximum absolute atomic E-state index is 10.2. The third kappa shape index (κ3) is 4.21. The monoisotopic (exact) mass is 368 g/mol. The van der Waals surface area contributed by atoms with Crippen molar-refractivity contribution in [2.75, 3.05) is 6.61 Å². The van der Waals surface area contributed by atoms with Gasteiger partial charge in [-0.1, -0.05) is 39.3 Å². The molecule has 0 aromatic rings. The first kappa shape index (κ1) is 19.6. The summed E-state index contributed by atoms with van der Waals surface area (Å²) < 4.78 is 19.3. The van der Waals surface area contributed by atoms with Crippen molar-refractivity contribution in [3.05, 3.63) is 12.2 Å². The zero-order valence-electron chi connectivity index (χ0n) is 16.6. The highest BCUT2D eigenvalue weighted by Gasteiger charge is 2.49. The van der Waals surface area contributed by atoms with Gasteiger partial charge in [0.25, 0.3) is 0 Å². The van der Waals surface area contributed by atoms with E-state index in [0.29, 0.717) is 13.0 Å². The number of aliphatic hydroxyl groups excluding tert-OH is 1. The van der Waals surface area contributed by atoms with Crippen LogP contribution in [-0.2, 0) is 13.9 Å². The first-order valence-electron chi connectivity index (χ1n) is 9.98. The van der Waals surface area contributed by atoms with E-state index in [2.05, 4.69) is 39.9 Å². The molecule has 0 unspecified atom stereocenters. The van der Waals surface area contributed by atoms with E-state index in [1.54, 1.807) is 0 Å². The van der Waals surface area contributed by atoms with E-state index in [0.717, 1.165) is 12.8 Å². The zero-order valence-corrected chi connectivity index (χ0v) is 17.6. The third-order valence-corrected chi connectivity index (χ3v) is 11.1. The minimum atomic E-state index is -1.88. The molecule has 1 N–H and O–H groups in total. The van der Waals surface area contributed by atoms with Gasteiger partial charge in [0.2, 0.25) is 0 Å². The smallest absolute Gasteiger partial charge is 0.192 e. The number of hydrogen-bond donors (Lipinski definition) is 1. The van der Waals surface area contributed by atoms with Gasteiger partial charge in [0.05, 0.1) is 24.9 Å². The van der Waals surface area contributed by atoms with E-state index < -0.39 is 14.4 Å². The van der Waals surface area contributed by atoms with E-state index >= 15 is 0 Å². The molecule has 25 heavy (non-hydrogen) atoms. The first-order chi connectivity index (χ1) is 11.6. The minimum Gasteiger partial charge on any atom is -0.410 e. The molecule has 0 bridgehead atoms. The molecular weight excluding hydrogens is 332 g/mol. The minimum absolute atomic E-state index is 0.0108. The second-order valence-corrected chi connectivity index (χ2v) is 14.4. The summed E-state index contributed by atoms with van der Waals surface area (Å²) >= 11 is 0. The van der Waals surface area contributed by atoms with Gasteiger partial charge in [0, 0.05) is 18.8 Å². The van der Waals surface area contributed by atoms with Gasteiger partial charge in [0.15, 0.2) is 14.1 Å². The van der Waals surface area contributed by atoms with Crippen molar-refractivity contribution in [2.45, 2.75) is 102 Å². The van der Waals surface area contributed by atoms with Crippen LogP contribution in [0.25, 0.3) is 0 Å². The van der Waals surface area contributed by atoms with Gasteiger partial charge in [-0.15, -0.1) is 0 Å². The summed E-state index contributed by atoms with van der Waals surface area (Å²) in [6.07, 6.45) is 9.92. The summed E-state index contributed by atoms with van der Waals surface area (Å²) in [4.78, 5) is 0. The quantitative estimate of drug-likeness (QED) is 0.593. The lowest BCUT2D eigenvalue weighted by atomic mass is 9.85. The molecule has 4 nitrogen and oxygen atoms in total. The fourth-order valence-corrected chi connectivity index (χ4v) is 5.31. The van der Waals surface area contributed by atoms with Crippen molar-refractivity contribution >= 4 is 8.32 Å². The van der Waals surface area contributed by atoms with Crippen LogP contribution in [0.1, 0.15) is 59.3 Å². The molecule has 0 aromatic heterocycles. The van der Waals surface area contributed by atoms with Crippen molar-refractivity contribution in [1.29, 1.82) is 0 Å². The van der Waals surface area contributed by atoms with E-state index in [9.17, 15) is 5.11 Å². The summed E-state index contributed by atoms with van der Waals surface area (Å²) in [5, 5.41) is 10.4. The van der Waals surface area contributed by atoms with Crippen LogP contribution in [0.4, 0.5) is 0 Å². The largest absolute Gasteiger partial charge is 0.410 e. The van der Waals surface area contributed by atoms with Crippen LogP contribution in [0.2, 0.25) is 18.1 Å². The lowest BCUT2D eigenvalue weighted by Gasteiger charge is -2.43.